The van der Waals surface area contributed by atoms with Crippen molar-refractivity contribution >= 4 is 12.2 Å². The average Bonchev–Trinajstić information content (AvgIpc) is 2.96. The van der Waals surface area contributed by atoms with Crippen LogP contribution in [0.15, 0.2) is 60.9 Å². The minimum absolute atomic E-state index is 0.0388. The molecule has 5 rings (SSSR count). The first-order valence-corrected chi connectivity index (χ1v) is 14.5. The van der Waals surface area contributed by atoms with Gasteiger partial charge in [0.2, 0.25) is 5.91 Å². The maximum atomic E-state index is 13.0. The van der Waals surface area contributed by atoms with Crippen molar-refractivity contribution in [3.8, 4) is 22.5 Å². The number of nitrogens with zero attached hydrogens (tertiary/aromatic N) is 3. The van der Waals surface area contributed by atoms with Crippen LogP contribution in [0, 0.1) is 17.8 Å². The largest absolute Gasteiger partial charge is 0.341 e. The summed E-state index contributed by atoms with van der Waals surface area (Å²) in [5.41, 5.74) is 11.9. The second-order valence-corrected chi connectivity index (χ2v) is 11.6. The third-order valence-corrected chi connectivity index (χ3v) is 8.77. The van der Waals surface area contributed by atoms with Gasteiger partial charge in [-0.1, -0.05) is 75.2 Å². The molecular weight excluding hydrogens is 484 g/mol. The summed E-state index contributed by atoms with van der Waals surface area (Å²) in [6.45, 7) is 5.38. The zero-order chi connectivity index (χ0) is 27.4. The van der Waals surface area contributed by atoms with Crippen molar-refractivity contribution < 1.29 is 9.59 Å². The molecule has 1 aromatic heterocycles. The lowest BCUT2D eigenvalue weighted by Crippen LogP contribution is -2.55. The van der Waals surface area contributed by atoms with Gasteiger partial charge in [0.25, 0.3) is 0 Å². The highest BCUT2D eigenvalue weighted by Crippen LogP contribution is 2.36. The monoisotopic (exact) mass is 524 g/mol. The van der Waals surface area contributed by atoms with Gasteiger partial charge in [-0.25, -0.2) is 9.97 Å². The van der Waals surface area contributed by atoms with Crippen molar-refractivity contribution in [2.75, 3.05) is 13.1 Å². The van der Waals surface area contributed by atoms with Crippen LogP contribution in [0.3, 0.4) is 0 Å². The highest BCUT2D eigenvalue weighted by Gasteiger charge is 2.36. The van der Waals surface area contributed by atoms with Gasteiger partial charge in [0.15, 0.2) is 5.82 Å². The van der Waals surface area contributed by atoms with Gasteiger partial charge in [-0.2, -0.15) is 0 Å². The smallest absolute Gasteiger partial charge is 0.227 e. The summed E-state index contributed by atoms with van der Waals surface area (Å²) < 4.78 is 0. The number of aldehydes is 1. The second-order valence-electron chi connectivity index (χ2n) is 11.6. The Bertz CT molecular complexity index is 1240. The van der Waals surface area contributed by atoms with Gasteiger partial charge < -0.3 is 15.4 Å². The summed E-state index contributed by atoms with van der Waals surface area (Å²) in [4.78, 5) is 35.0. The number of carbonyl (C=O) groups is 2. The molecule has 6 nitrogen and oxygen atoms in total. The Morgan fingerprint density at radius 2 is 1.56 bits per heavy atom. The third kappa shape index (κ3) is 6.27. The molecule has 2 N–H and O–H groups in total. The van der Waals surface area contributed by atoms with Gasteiger partial charge in [-0.05, 0) is 54.2 Å². The summed E-state index contributed by atoms with van der Waals surface area (Å²) in [5.74, 6) is 1.94. The normalized spacial score (nSPS) is 21.2. The van der Waals surface area contributed by atoms with Crippen LogP contribution in [0.2, 0.25) is 0 Å². The van der Waals surface area contributed by atoms with Crippen molar-refractivity contribution in [1.82, 2.24) is 14.9 Å². The van der Waals surface area contributed by atoms with Gasteiger partial charge in [0, 0.05) is 48.6 Å². The van der Waals surface area contributed by atoms with E-state index in [1.165, 1.54) is 31.2 Å². The number of benzene rings is 2. The molecule has 2 aliphatic rings. The zero-order valence-corrected chi connectivity index (χ0v) is 23.1. The van der Waals surface area contributed by atoms with Crippen LogP contribution >= 0.6 is 0 Å². The standard InChI is InChI=1S/C33H40N4O2/c1-3-31(34)30(33(39)37-19-24(20-37)21-38)16-23-6-10-28(11-7-23)32-35-17-29(18-36-32)27-14-12-26(13-15-27)25-8-4-22(2)5-9-25/h6-7,10-15,17-18,21-22,24-25,30-31H,3-5,8-9,16,19-20,34H2,1-2H3. The average molecular weight is 525 g/mol. The van der Waals surface area contributed by atoms with Crippen LogP contribution in [0.4, 0.5) is 0 Å². The summed E-state index contributed by atoms with van der Waals surface area (Å²) >= 11 is 0. The van der Waals surface area contributed by atoms with E-state index in [9.17, 15) is 9.59 Å². The molecule has 1 saturated carbocycles. The fourth-order valence-corrected chi connectivity index (χ4v) is 5.93. The molecule has 6 heteroatoms. The minimum atomic E-state index is -0.294. The number of amides is 1. The summed E-state index contributed by atoms with van der Waals surface area (Å²) in [5, 5.41) is 0. The van der Waals surface area contributed by atoms with Gasteiger partial charge in [-0.15, -0.1) is 0 Å². The second kappa shape index (κ2) is 12.2. The molecule has 1 amide bonds. The van der Waals surface area contributed by atoms with Crippen molar-refractivity contribution in [2.45, 2.75) is 64.3 Å². The summed E-state index contributed by atoms with van der Waals surface area (Å²) in [6.07, 6.45) is 11.3. The molecular formula is C33H40N4O2. The topological polar surface area (TPSA) is 89.2 Å². The van der Waals surface area contributed by atoms with E-state index in [4.69, 9.17) is 5.73 Å². The Kier molecular flexibility index (Phi) is 8.51. The van der Waals surface area contributed by atoms with E-state index in [2.05, 4.69) is 41.2 Å². The number of rotatable bonds is 9. The quantitative estimate of drug-likeness (QED) is 0.365. The molecule has 2 heterocycles. The van der Waals surface area contributed by atoms with Crippen LogP contribution in [-0.2, 0) is 16.0 Å². The molecule has 0 radical (unpaired) electrons. The number of nitrogens with two attached hydrogens (primary N) is 1. The highest BCUT2D eigenvalue weighted by atomic mass is 16.2. The van der Waals surface area contributed by atoms with Gasteiger partial charge in [-0.3, -0.25) is 4.79 Å². The molecule has 1 aliphatic heterocycles. The lowest BCUT2D eigenvalue weighted by molar-refractivity contribution is -0.144. The Balaban J connectivity index is 1.22. The lowest BCUT2D eigenvalue weighted by atomic mass is 9.79. The van der Waals surface area contributed by atoms with Crippen LogP contribution in [0.25, 0.3) is 22.5 Å². The van der Waals surface area contributed by atoms with E-state index in [0.29, 0.717) is 31.3 Å². The molecule has 2 atom stereocenters. The van der Waals surface area contributed by atoms with Gasteiger partial charge in [0.1, 0.15) is 6.29 Å². The molecule has 1 saturated heterocycles. The molecule has 2 aromatic carbocycles. The lowest BCUT2D eigenvalue weighted by Gasteiger charge is -2.39. The molecule has 2 unspecified atom stereocenters. The van der Waals surface area contributed by atoms with Gasteiger partial charge in [0.05, 0.1) is 5.92 Å². The Labute approximate surface area is 232 Å². The van der Waals surface area contributed by atoms with E-state index in [0.717, 1.165) is 40.9 Å². The predicted octanol–water partition coefficient (Wildman–Crippen LogP) is 5.66. The highest BCUT2D eigenvalue weighted by molar-refractivity contribution is 5.82. The maximum Gasteiger partial charge on any atom is 0.227 e. The number of hydrogen-bond acceptors (Lipinski definition) is 5. The Morgan fingerprint density at radius 1 is 0.949 bits per heavy atom. The fourth-order valence-electron chi connectivity index (χ4n) is 5.93. The van der Waals surface area contributed by atoms with Crippen molar-refractivity contribution in [2.24, 2.45) is 23.5 Å². The molecule has 0 spiro atoms. The third-order valence-electron chi connectivity index (χ3n) is 8.77. The van der Waals surface area contributed by atoms with Crippen LogP contribution in [0.5, 0.6) is 0 Å². The van der Waals surface area contributed by atoms with E-state index in [-0.39, 0.29) is 23.8 Å². The van der Waals surface area contributed by atoms with Crippen molar-refractivity contribution in [1.29, 1.82) is 0 Å². The minimum Gasteiger partial charge on any atom is -0.341 e. The molecule has 1 aliphatic carbocycles. The number of carbonyl (C=O) groups excluding carboxylic acids is 2. The maximum absolute atomic E-state index is 13.0. The fraction of sp³-hybridized carbons (Fsp3) is 0.455. The summed E-state index contributed by atoms with van der Waals surface area (Å²) in [7, 11) is 0. The van der Waals surface area contributed by atoms with E-state index in [1.54, 1.807) is 4.90 Å². The first kappa shape index (κ1) is 27.2. The number of likely N-dealkylation sites (tertiary alicyclic amines) is 1. The molecule has 3 aromatic rings. The van der Waals surface area contributed by atoms with Crippen molar-refractivity contribution in [3.63, 3.8) is 0 Å². The molecule has 0 bridgehead atoms. The van der Waals surface area contributed by atoms with E-state index >= 15 is 0 Å². The molecule has 204 valence electrons. The van der Waals surface area contributed by atoms with E-state index < -0.39 is 0 Å². The van der Waals surface area contributed by atoms with Crippen molar-refractivity contribution in [3.05, 3.63) is 72.1 Å². The molecule has 39 heavy (non-hydrogen) atoms. The SMILES string of the molecule is CCC(N)C(Cc1ccc(-c2ncc(-c3ccc(C4CCC(C)CC4)cc3)cn2)cc1)C(=O)N1CC(C=O)C1. The number of hydrogen-bond donors (Lipinski definition) is 1. The summed E-state index contributed by atoms with van der Waals surface area (Å²) in [6, 6.07) is 16.8. The van der Waals surface area contributed by atoms with Crippen LogP contribution in [0.1, 0.15) is 63.0 Å². The van der Waals surface area contributed by atoms with Crippen LogP contribution in [-0.4, -0.2) is 46.2 Å². The number of aromatic nitrogens is 2. The van der Waals surface area contributed by atoms with E-state index in [1.807, 2.05) is 43.6 Å². The first-order chi connectivity index (χ1) is 18.9. The zero-order valence-electron chi connectivity index (χ0n) is 23.1. The Morgan fingerprint density at radius 3 is 2.15 bits per heavy atom. The Hall–Kier alpha value is -3.38. The first-order valence-electron chi connectivity index (χ1n) is 14.5. The van der Waals surface area contributed by atoms with Crippen LogP contribution < -0.4 is 5.73 Å². The predicted molar refractivity (Wildman–Crippen MR) is 155 cm³/mol. The molecule has 2 fully saturated rings. The van der Waals surface area contributed by atoms with Gasteiger partial charge >= 0.3 is 0 Å².